The number of carbonyl (C=O) groups excluding carboxylic acids is 2. The Balaban J connectivity index is 1.31. The van der Waals surface area contributed by atoms with Crippen LogP contribution in [0.2, 0.25) is 0 Å². The highest BCUT2D eigenvalue weighted by Gasteiger charge is 2.22. The van der Waals surface area contributed by atoms with E-state index in [-0.39, 0.29) is 18.2 Å². The van der Waals surface area contributed by atoms with Crippen molar-refractivity contribution < 1.29 is 9.59 Å². The fraction of sp³-hybridized carbons (Fsp3) is 0.241. The number of rotatable bonds is 6. The van der Waals surface area contributed by atoms with Crippen molar-refractivity contribution in [3.8, 4) is 0 Å². The molecule has 3 N–H and O–H groups in total. The highest BCUT2D eigenvalue weighted by molar-refractivity contribution is 6.17. The first kappa shape index (κ1) is 22.1. The summed E-state index contributed by atoms with van der Waals surface area (Å²) in [5.74, 6) is -0.489. The SMILES string of the molecule is NC(=O)C(C=CCC(=O)Nc1ccc2c(ccc3c4ccccc4ccc23)c1)N1CCCCC1. The lowest BCUT2D eigenvalue weighted by Crippen LogP contribution is -2.45. The van der Waals surface area contributed by atoms with Gasteiger partial charge >= 0.3 is 0 Å². The van der Waals surface area contributed by atoms with E-state index in [9.17, 15) is 9.59 Å². The van der Waals surface area contributed by atoms with E-state index in [1.54, 1.807) is 12.2 Å². The lowest BCUT2D eigenvalue weighted by molar-refractivity contribution is -0.122. The Morgan fingerprint density at radius 3 is 2.29 bits per heavy atom. The van der Waals surface area contributed by atoms with Gasteiger partial charge in [0.15, 0.2) is 0 Å². The molecule has 0 spiro atoms. The summed E-state index contributed by atoms with van der Waals surface area (Å²) in [6, 6.07) is 22.6. The van der Waals surface area contributed by atoms with Crippen LogP contribution in [-0.4, -0.2) is 35.8 Å². The molecular formula is C29H29N3O2. The van der Waals surface area contributed by atoms with E-state index in [0.29, 0.717) is 0 Å². The highest BCUT2D eigenvalue weighted by atomic mass is 16.2. The number of fused-ring (bicyclic) bond motifs is 5. The molecule has 0 radical (unpaired) electrons. The van der Waals surface area contributed by atoms with Crippen LogP contribution in [0.4, 0.5) is 5.69 Å². The van der Waals surface area contributed by atoms with Gasteiger partial charge in [0.05, 0.1) is 0 Å². The summed E-state index contributed by atoms with van der Waals surface area (Å²) in [5.41, 5.74) is 6.36. The second-order valence-corrected chi connectivity index (χ2v) is 9.01. The molecule has 1 heterocycles. The molecule has 1 atom stereocenters. The zero-order valence-electron chi connectivity index (χ0n) is 19.2. The predicted molar refractivity (Wildman–Crippen MR) is 140 cm³/mol. The van der Waals surface area contributed by atoms with E-state index in [1.807, 2.05) is 12.1 Å². The molecule has 5 rings (SSSR count). The first-order chi connectivity index (χ1) is 16.6. The number of hydrogen-bond donors (Lipinski definition) is 2. The lowest BCUT2D eigenvalue weighted by Gasteiger charge is -2.30. The fourth-order valence-corrected chi connectivity index (χ4v) is 5.02. The Bertz CT molecular complexity index is 1400. The number of hydrogen-bond acceptors (Lipinski definition) is 3. The van der Waals surface area contributed by atoms with Gasteiger partial charge in [0.25, 0.3) is 0 Å². The van der Waals surface area contributed by atoms with Crippen LogP contribution < -0.4 is 11.1 Å². The molecular weight excluding hydrogens is 422 g/mol. The van der Waals surface area contributed by atoms with Gasteiger partial charge in [0, 0.05) is 12.1 Å². The maximum absolute atomic E-state index is 12.5. The van der Waals surface area contributed by atoms with Gasteiger partial charge in [-0.25, -0.2) is 0 Å². The fourth-order valence-electron chi connectivity index (χ4n) is 5.02. The maximum Gasteiger partial charge on any atom is 0.238 e. The Labute approximate surface area is 199 Å². The number of nitrogens with two attached hydrogens (primary N) is 1. The zero-order valence-corrected chi connectivity index (χ0v) is 19.2. The van der Waals surface area contributed by atoms with E-state index in [0.717, 1.165) is 42.4 Å². The van der Waals surface area contributed by atoms with Gasteiger partial charge in [0.2, 0.25) is 11.8 Å². The van der Waals surface area contributed by atoms with Crippen LogP contribution >= 0.6 is 0 Å². The largest absolute Gasteiger partial charge is 0.368 e. The van der Waals surface area contributed by atoms with Crippen LogP contribution in [-0.2, 0) is 9.59 Å². The van der Waals surface area contributed by atoms with Crippen molar-refractivity contribution in [1.82, 2.24) is 4.90 Å². The first-order valence-corrected chi connectivity index (χ1v) is 11.9. The van der Waals surface area contributed by atoms with Crippen molar-refractivity contribution in [1.29, 1.82) is 0 Å². The Kier molecular flexibility index (Phi) is 6.28. The minimum atomic E-state index is -0.446. The van der Waals surface area contributed by atoms with Crippen molar-refractivity contribution in [2.75, 3.05) is 18.4 Å². The molecule has 1 saturated heterocycles. The molecule has 0 aromatic heterocycles. The van der Waals surface area contributed by atoms with Gasteiger partial charge in [-0.3, -0.25) is 14.5 Å². The molecule has 5 heteroatoms. The van der Waals surface area contributed by atoms with Gasteiger partial charge in [0.1, 0.15) is 6.04 Å². The van der Waals surface area contributed by atoms with Gasteiger partial charge in [-0.1, -0.05) is 73.2 Å². The Morgan fingerprint density at radius 1 is 0.853 bits per heavy atom. The number of anilines is 1. The van der Waals surface area contributed by atoms with Crippen molar-refractivity contribution in [3.05, 3.63) is 78.9 Å². The average molecular weight is 452 g/mol. The van der Waals surface area contributed by atoms with Crippen molar-refractivity contribution in [3.63, 3.8) is 0 Å². The predicted octanol–water partition coefficient (Wildman–Crippen LogP) is 5.37. The molecule has 5 nitrogen and oxygen atoms in total. The minimum absolute atomic E-state index is 0.121. The number of piperidine rings is 1. The number of likely N-dealkylation sites (tertiary alicyclic amines) is 1. The zero-order chi connectivity index (χ0) is 23.5. The average Bonchev–Trinajstić information content (AvgIpc) is 2.86. The second kappa shape index (κ2) is 9.65. The van der Waals surface area contributed by atoms with Crippen molar-refractivity contribution in [2.45, 2.75) is 31.7 Å². The molecule has 4 aromatic rings. The number of amides is 2. The molecule has 1 aliphatic rings. The summed E-state index contributed by atoms with van der Waals surface area (Å²) >= 11 is 0. The standard InChI is InChI=1S/C29H29N3O2/c30-29(34)27(32-17-4-1-5-18-32)9-6-10-28(33)31-22-13-16-24-21(19-22)12-15-25-23-8-3-2-7-20(23)11-14-26(24)25/h2-3,6-9,11-16,19,27H,1,4-5,10,17-18H2,(H2,30,34)(H,31,33). The normalized spacial score (nSPS) is 15.8. The van der Waals surface area contributed by atoms with Gasteiger partial charge in [-0.15, -0.1) is 0 Å². The number of nitrogens with zero attached hydrogens (tertiary/aromatic N) is 1. The van der Waals surface area contributed by atoms with E-state index in [4.69, 9.17) is 5.73 Å². The van der Waals surface area contributed by atoms with Crippen LogP contribution in [0.25, 0.3) is 32.3 Å². The van der Waals surface area contributed by atoms with Crippen LogP contribution in [0, 0.1) is 0 Å². The van der Waals surface area contributed by atoms with Crippen molar-refractivity contribution >= 4 is 49.8 Å². The molecule has 2 amide bonds. The van der Waals surface area contributed by atoms with Gasteiger partial charge in [-0.2, -0.15) is 0 Å². The Morgan fingerprint density at radius 2 is 1.53 bits per heavy atom. The first-order valence-electron chi connectivity index (χ1n) is 11.9. The van der Waals surface area contributed by atoms with Gasteiger partial charge < -0.3 is 11.1 Å². The molecule has 0 aliphatic carbocycles. The number of nitrogens with one attached hydrogen (secondary N) is 1. The van der Waals surface area contributed by atoms with Crippen LogP contribution in [0.5, 0.6) is 0 Å². The smallest absolute Gasteiger partial charge is 0.238 e. The topological polar surface area (TPSA) is 75.4 Å². The number of benzene rings is 4. The third-order valence-electron chi connectivity index (χ3n) is 6.72. The molecule has 1 unspecified atom stereocenters. The molecule has 1 aliphatic heterocycles. The third kappa shape index (κ3) is 4.52. The molecule has 0 bridgehead atoms. The van der Waals surface area contributed by atoms with E-state index in [1.165, 1.54) is 28.0 Å². The maximum atomic E-state index is 12.5. The summed E-state index contributed by atoms with van der Waals surface area (Å²) in [5, 5.41) is 10.1. The van der Waals surface area contributed by atoms with E-state index >= 15 is 0 Å². The van der Waals surface area contributed by atoms with E-state index in [2.05, 4.69) is 64.8 Å². The molecule has 0 saturated carbocycles. The van der Waals surface area contributed by atoms with Gasteiger partial charge in [-0.05, 0) is 70.4 Å². The van der Waals surface area contributed by atoms with E-state index < -0.39 is 6.04 Å². The summed E-state index contributed by atoms with van der Waals surface area (Å²) in [4.78, 5) is 26.5. The summed E-state index contributed by atoms with van der Waals surface area (Å²) in [6.45, 7) is 1.73. The number of carbonyl (C=O) groups is 2. The monoisotopic (exact) mass is 451 g/mol. The molecule has 172 valence electrons. The van der Waals surface area contributed by atoms with Crippen LogP contribution in [0.3, 0.4) is 0 Å². The summed E-state index contributed by atoms with van der Waals surface area (Å²) in [7, 11) is 0. The Hall–Kier alpha value is -3.70. The molecule has 1 fully saturated rings. The number of primary amides is 1. The summed E-state index contributed by atoms with van der Waals surface area (Å²) < 4.78 is 0. The molecule has 4 aromatic carbocycles. The second-order valence-electron chi connectivity index (χ2n) is 9.01. The summed E-state index contributed by atoms with van der Waals surface area (Å²) in [6.07, 6.45) is 7.05. The van der Waals surface area contributed by atoms with Crippen molar-refractivity contribution in [2.24, 2.45) is 5.73 Å². The third-order valence-corrected chi connectivity index (χ3v) is 6.72. The molecule has 34 heavy (non-hydrogen) atoms. The lowest BCUT2D eigenvalue weighted by atomic mass is 9.97. The van der Waals surface area contributed by atoms with Crippen LogP contribution in [0.15, 0.2) is 78.9 Å². The van der Waals surface area contributed by atoms with Crippen LogP contribution in [0.1, 0.15) is 25.7 Å². The minimum Gasteiger partial charge on any atom is -0.368 e. The quantitative estimate of drug-likeness (QED) is 0.306. The highest BCUT2D eigenvalue weighted by Crippen LogP contribution is 2.32.